The molecule has 0 unspecified atom stereocenters. The van der Waals surface area contributed by atoms with Gasteiger partial charge in [-0.25, -0.2) is 4.98 Å². The van der Waals surface area contributed by atoms with Crippen LogP contribution in [0.5, 0.6) is 0 Å². The Morgan fingerprint density at radius 3 is 1.69 bits per heavy atom. The molecule has 0 aliphatic heterocycles. The van der Waals surface area contributed by atoms with Crippen LogP contribution in [0.25, 0.3) is 131 Å². The van der Waals surface area contributed by atoms with E-state index in [9.17, 15) is 0 Å². The van der Waals surface area contributed by atoms with Crippen molar-refractivity contribution >= 4 is 97.7 Å². The Kier molecular flexibility index (Phi) is 7.36. The maximum absolute atomic E-state index is 5.24. The molecule has 0 fully saturated rings. The number of fused-ring (bicyclic) bond motifs is 13. The Balaban J connectivity index is 0.989. The van der Waals surface area contributed by atoms with Gasteiger partial charge in [0.25, 0.3) is 0 Å². The monoisotopic (exact) mass is 812 g/mol. The average molecular weight is 813 g/mol. The molecule has 0 spiro atoms. The molecule has 3 heterocycles. The molecule has 0 saturated carbocycles. The van der Waals surface area contributed by atoms with Crippen LogP contribution in [0.4, 0.5) is 0 Å². The normalized spacial score (nSPS) is 12.1. The molecule has 296 valence electrons. The molecule has 0 N–H and O–H groups in total. The highest BCUT2D eigenvalue weighted by molar-refractivity contribution is 6.22. The molecule has 14 aromatic rings. The first-order chi connectivity index (χ1) is 31.8. The van der Waals surface area contributed by atoms with E-state index < -0.39 is 0 Å². The van der Waals surface area contributed by atoms with Crippen molar-refractivity contribution in [3.63, 3.8) is 0 Å². The van der Waals surface area contributed by atoms with Crippen molar-refractivity contribution in [2.75, 3.05) is 0 Å². The number of aromatic nitrogens is 4. The molecule has 0 aliphatic rings. The van der Waals surface area contributed by atoms with E-state index in [0.717, 1.165) is 44.5 Å². The molecule has 0 atom stereocenters. The molecule has 0 aliphatic carbocycles. The van der Waals surface area contributed by atoms with Gasteiger partial charge in [0.15, 0.2) is 0 Å². The molecular weight excluding hydrogens is 777 g/mol. The predicted octanol–water partition coefficient (Wildman–Crippen LogP) is 15.8. The van der Waals surface area contributed by atoms with Crippen LogP contribution in [0, 0.1) is 0 Å². The van der Waals surface area contributed by atoms with Crippen molar-refractivity contribution in [3.05, 3.63) is 219 Å². The lowest BCUT2D eigenvalue weighted by molar-refractivity contribution is 1.18. The molecular formula is C60H36N4. The third-order valence-electron chi connectivity index (χ3n) is 13.5. The van der Waals surface area contributed by atoms with Gasteiger partial charge in [0.2, 0.25) is 0 Å². The van der Waals surface area contributed by atoms with Crippen LogP contribution in [0.1, 0.15) is 0 Å². The largest absolute Gasteiger partial charge is 0.309 e. The summed E-state index contributed by atoms with van der Waals surface area (Å²) in [6.07, 6.45) is 1.94. The van der Waals surface area contributed by atoms with Gasteiger partial charge in [0.05, 0.1) is 50.7 Å². The number of para-hydroxylation sites is 4. The van der Waals surface area contributed by atoms with Crippen LogP contribution in [0.2, 0.25) is 0 Å². The predicted molar refractivity (Wildman–Crippen MR) is 269 cm³/mol. The second kappa shape index (κ2) is 13.4. The van der Waals surface area contributed by atoms with Crippen LogP contribution in [-0.2, 0) is 0 Å². The highest BCUT2D eigenvalue weighted by Crippen LogP contribution is 2.45. The summed E-state index contributed by atoms with van der Waals surface area (Å²) in [6.45, 7) is 0. The van der Waals surface area contributed by atoms with Gasteiger partial charge < -0.3 is 9.13 Å². The topological polar surface area (TPSA) is 35.6 Å². The van der Waals surface area contributed by atoms with Gasteiger partial charge in [-0.2, -0.15) is 0 Å². The molecule has 0 amide bonds. The molecule has 64 heavy (non-hydrogen) atoms. The van der Waals surface area contributed by atoms with Gasteiger partial charge in [-0.3, -0.25) is 4.98 Å². The SMILES string of the molecule is c1cc(-n2c3ccccc3c3ccc4ccccc4c32)c2cc3c4ccccc4n(-c4ccc(-c5c(-c6cnc7ccccc7n6)c6ccccc6c6ccccc56)cc4)c3cc2c1. The fourth-order valence-corrected chi connectivity index (χ4v) is 10.7. The number of benzene rings is 11. The van der Waals surface area contributed by atoms with E-state index in [2.05, 4.69) is 197 Å². The van der Waals surface area contributed by atoms with Crippen LogP contribution >= 0.6 is 0 Å². The van der Waals surface area contributed by atoms with Gasteiger partial charge in [-0.15, -0.1) is 0 Å². The summed E-state index contributed by atoms with van der Waals surface area (Å²) in [7, 11) is 0. The van der Waals surface area contributed by atoms with Crippen molar-refractivity contribution in [2.24, 2.45) is 0 Å². The van der Waals surface area contributed by atoms with E-state index in [1.54, 1.807) is 0 Å². The van der Waals surface area contributed by atoms with E-state index in [-0.39, 0.29) is 0 Å². The lowest BCUT2D eigenvalue weighted by Gasteiger charge is -2.18. The number of hydrogen-bond acceptors (Lipinski definition) is 2. The highest BCUT2D eigenvalue weighted by atomic mass is 15.0. The zero-order valence-corrected chi connectivity index (χ0v) is 34.6. The molecule has 0 radical (unpaired) electrons. The Labute approximate surface area is 367 Å². The van der Waals surface area contributed by atoms with Crippen LogP contribution in [0.3, 0.4) is 0 Å². The second-order valence-corrected chi connectivity index (χ2v) is 16.9. The Hall–Kier alpha value is -8.60. The van der Waals surface area contributed by atoms with Gasteiger partial charge >= 0.3 is 0 Å². The van der Waals surface area contributed by atoms with E-state index in [0.29, 0.717) is 0 Å². The minimum absolute atomic E-state index is 0.863. The molecule has 4 heteroatoms. The van der Waals surface area contributed by atoms with E-state index in [4.69, 9.17) is 9.97 Å². The van der Waals surface area contributed by atoms with Gasteiger partial charge in [-0.05, 0) is 98.0 Å². The quantitative estimate of drug-likeness (QED) is 0.166. The number of nitrogens with zero attached hydrogens (tertiary/aromatic N) is 4. The van der Waals surface area contributed by atoms with Gasteiger partial charge in [0, 0.05) is 43.6 Å². The Morgan fingerprint density at radius 1 is 0.328 bits per heavy atom. The molecule has 14 rings (SSSR count). The lowest BCUT2D eigenvalue weighted by atomic mass is 9.86. The standard InChI is InChI=1S/C60H36N4/c1-2-16-41-37(14-1)30-33-48-44-19-7-12-26-55(44)64(60(41)48)56-27-13-15-39-34-57-50(35-49(39)56)45-20-8-11-25-54(45)63(57)40-31-28-38(29-32-40)58-46-21-5-3-17-42(46)43-18-4-6-22-47(43)59(58)53-36-61-51-23-9-10-24-52(51)62-53/h1-36H. The summed E-state index contributed by atoms with van der Waals surface area (Å²) >= 11 is 0. The molecule has 11 aromatic carbocycles. The van der Waals surface area contributed by atoms with Gasteiger partial charge in [-0.1, -0.05) is 158 Å². The van der Waals surface area contributed by atoms with E-state index >= 15 is 0 Å². The van der Waals surface area contributed by atoms with Crippen molar-refractivity contribution in [3.8, 4) is 33.8 Å². The summed E-state index contributed by atoms with van der Waals surface area (Å²) in [4.78, 5) is 10.1. The smallest absolute Gasteiger partial charge is 0.0905 e. The fraction of sp³-hybridized carbons (Fsp3) is 0. The minimum Gasteiger partial charge on any atom is -0.309 e. The summed E-state index contributed by atoms with van der Waals surface area (Å²) < 4.78 is 4.93. The van der Waals surface area contributed by atoms with Crippen molar-refractivity contribution in [1.29, 1.82) is 0 Å². The van der Waals surface area contributed by atoms with Crippen molar-refractivity contribution in [2.45, 2.75) is 0 Å². The molecule has 0 bridgehead atoms. The van der Waals surface area contributed by atoms with E-state index in [1.807, 2.05) is 30.5 Å². The molecule has 4 nitrogen and oxygen atoms in total. The summed E-state index contributed by atoms with van der Waals surface area (Å²) in [5.74, 6) is 0. The number of rotatable bonds is 4. The summed E-state index contributed by atoms with van der Waals surface area (Å²) in [5.41, 5.74) is 13.1. The second-order valence-electron chi connectivity index (χ2n) is 16.9. The van der Waals surface area contributed by atoms with Crippen LogP contribution in [-0.4, -0.2) is 19.1 Å². The van der Waals surface area contributed by atoms with Gasteiger partial charge in [0.1, 0.15) is 0 Å². The molecule has 3 aromatic heterocycles. The summed E-state index contributed by atoms with van der Waals surface area (Å²) in [6, 6.07) is 77.2. The molecule has 0 saturated heterocycles. The summed E-state index contributed by atoms with van der Waals surface area (Å²) in [5, 5.41) is 14.7. The zero-order valence-electron chi connectivity index (χ0n) is 34.6. The third kappa shape index (κ3) is 4.99. The maximum atomic E-state index is 5.24. The van der Waals surface area contributed by atoms with Crippen LogP contribution in [0.15, 0.2) is 219 Å². The first-order valence-corrected chi connectivity index (χ1v) is 21.9. The highest BCUT2D eigenvalue weighted by Gasteiger charge is 2.22. The number of hydrogen-bond donors (Lipinski definition) is 0. The van der Waals surface area contributed by atoms with Crippen molar-refractivity contribution < 1.29 is 0 Å². The Morgan fingerprint density at radius 2 is 0.922 bits per heavy atom. The maximum Gasteiger partial charge on any atom is 0.0905 e. The minimum atomic E-state index is 0.863. The Bertz CT molecular complexity index is 4250. The first kappa shape index (κ1) is 35.0. The van der Waals surface area contributed by atoms with Crippen molar-refractivity contribution in [1.82, 2.24) is 19.1 Å². The van der Waals surface area contributed by atoms with E-state index in [1.165, 1.54) is 87.0 Å². The fourth-order valence-electron chi connectivity index (χ4n) is 10.7. The first-order valence-electron chi connectivity index (χ1n) is 21.9. The third-order valence-corrected chi connectivity index (χ3v) is 13.5. The lowest BCUT2D eigenvalue weighted by Crippen LogP contribution is -1.97. The average Bonchev–Trinajstić information content (AvgIpc) is 3.87. The zero-order chi connectivity index (χ0) is 41.9. The van der Waals surface area contributed by atoms with Crippen LogP contribution < -0.4 is 0 Å².